The molecule has 0 saturated heterocycles. The van der Waals surface area contributed by atoms with Crippen molar-refractivity contribution in [2.45, 2.75) is 58.3 Å². The van der Waals surface area contributed by atoms with Gasteiger partial charge in [0.2, 0.25) is 0 Å². The molecule has 326 valence electrons. The molecule has 1 aliphatic rings. The van der Waals surface area contributed by atoms with E-state index in [0.717, 1.165) is 76.3 Å². The van der Waals surface area contributed by atoms with Gasteiger partial charge in [-0.2, -0.15) is 0 Å². The number of methoxy groups -OCH3 is 1. The summed E-state index contributed by atoms with van der Waals surface area (Å²) in [5.41, 5.74) is 11.8. The number of anilines is 3. The quantitative estimate of drug-likeness (QED) is 0.0495. The van der Waals surface area contributed by atoms with Crippen LogP contribution in [0.4, 0.5) is 21.9 Å². The van der Waals surface area contributed by atoms with Crippen LogP contribution < -0.4 is 23.8 Å². The number of carbonyl (C=O) groups is 2. The van der Waals surface area contributed by atoms with Crippen LogP contribution >= 0.6 is 0 Å². The van der Waals surface area contributed by atoms with Gasteiger partial charge in [0.05, 0.1) is 7.11 Å². The second-order valence-electron chi connectivity index (χ2n) is 16.5. The molecule has 0 amide bonds. The molecule has 0 unspecified atom stereocenters. The summed E-state index contributed by atoms with van der Waals surface area (Å²) in [5, 5.41) is 0. The molecule has 0 atom stereocenters. The van der Waals surface area contributed by atoms with Crippen molar-refractivity contribution in [3.8, 4) is 23.0 Å². The number of hydrogen-bond donors (Lipinski definition) is 0. The lowest BCUT2D eigenvalue weighted by molar-refractivity contribution is -0.131. The highest BCUT2D eigenvalue weighted by atomic mass is 16.7. The van der Waals surface area contributed by atoms with Crippen LogP contribution in [0.2, 0.25) is 0 Å². The topological polar surface area (TPSA) is 74.3 Å². The van der Waals surface area contributed by atoms with E-state index in [1.807, 2.05) is 72.8 Å². The number of benzene rings is 7. The van der Waals surface area contributed by atoms with Crippen LogP contribution in [0.15, 0.2) is 182 Å². The largest absolute Gasteiger partial charge is 0.519 e. The van der Waals surface area contributed by atoms with Gasteiger partial charge in [0.25, 0.3) is 0 Å². The van der Waals surface area contributed by atoms with Gasteiger partial charge >= 0.3 is 12.1 Å². The molecule has 0 bridgehead atoms. The summed E-state index contributed by atoms with van der Waals surface area (Å²) >= 11 is 0. The van der Waals surface area contributed by atoms with Gasteiger partial charge in [-0.1, -0.05) is 134 Å². The Morgan fingerprint density at radius 3 is 1.37 bits per heavy atom. The second kappa shape index (κ2) is 20.2. The average molecular weight is 860 g/mol. The van der Waals surface area contributed by atoms with Gasteiger partial charge in [0.15, 0.2) is 0 Å². The van der Waals surface area contributed by atoms with E-state index in [2.05, 4.69) is 122 Å². The zero-order chi connectivity index (χ0) is 45.2. The second-order valence-corrected chi connectivity index (χ2v) is 16.5. The molecule has 0 spiro atoms. The SMILES string of the molecule is COc1ccc(/C(=C\C=C\c2ccc(N(c3ccc(C)cc3)c3ccc(C)cc3)cc2)c2ccc(OC(=O)Oc3ccc(C4(c5ccc(OC(C)=O)cc5)CCCCC4)cc3)cc2)cc1. The predicted octanol–water partition coefficient (Wildman–Crippen LogP) is 14.7. The Morgan fingerprint density at radius 1 is 0.508 bits per heavy atom. The minimum Gasteiger partial charge on any atom is -0.497 e. The van der Waals surface area contributed by atoms with Crippen molar-refractivity contribution in [2.24, 2.45) is 0 Å². The number of rotatable bonds is 13. The molecular weight excluding hydrogens is 807 g/mol. The number of nitrogens with zero attached hydrogens (tertiary/aromatic N) is 1. The van der Waals surface area contributed by atoms with E-state index in [4.69, 9.17) is 18.9 Å². The van der Waals surface area contributed by atoms with Crippen molar-refractivity contribution in [2.75, 3.05) is 12.0 Å². The van der Waals surface area contributed by atoms with Crippen LogP contribution in [0, 0.1) is 13.8 Å². The van der Waals surface area contributed by atoms with Crippen molar-refractivity contribution in [1.29, 1.82) is 0 Å². The Kier molecular flexibility index (Phi) is 13.7. The summed E-state index contributed by atoms with van der Waals surface area (Å²) in [6, 6.07) is 56.6. The zero-order valence-electron chi connectivity index (χ0n) is 37.3. The molecule has 0 radical (unpaired) electrons. The first-order valence-electron chi connectivity index (χ1n) is 22.1. The van der Waals surface area contributed by atoms with Crippen molar-refractivity contribution in [3.63, 3.8) is 0 Å². The van der Waals surface area contributed by atoms with Crippen LogP contribution in [0.5, 0.6) is 23.0 Å². The monoisotopic (exact) mass is 859 g/mol. The van der Waals surface area contributed by atoms with Crippen molar-refractivity contribution in [1.82, 2.24) is 0 Å². The Labute approximate surface area is 382 Å². The van der Waals surface area contributed by atoms with E-state index < -0.39 is 6.16 Å². The van der Waals surface area contributed by atoms with Gasteiger partial charge in [-0.25, -0.2) is 4.79 Å². The first-order valence-corrected chi connectivity index (χ1v) is 22.1. The van der Waals surface area contributed by atoms with Gasteiger partial charge in [-0.3, -0.25) is 4.79 Å². The Hall–Kier alpha value is -7.64. The minimum absolute atomic E-state index is 0.179. The normalized spacial score (nSPS) is 13.5. The molecule has 1 fully saturated rings. The molecule has 0 N–H and O–H groups in total. The predicted molar refractivity (Wildman–Crippen MR) is 261 cm³/mol. The highest BCUT2D eigenvalue weighted by molar-refractivity contribution is 5.82. The van der Waals surface area contributed by atoms with Crippen LogP contribution in [-0.2, 0) is 10.2 Å². The minimum atomic E-state index is -0.820. The molecule has 0 aromatic heterocycles. The third-order valence-electron chi connectivity index (χ3n) is 12.0. The third kappa shape index (κ3) is 10.8. The van der Waals surface area contributed by atoms with Crippen molar-refractivity contribution < 1.29 is 28.5 Å². The number of allylic oxidation sites excluding steroid dienone is 2. The average Bonchev–Trinajstić information content (AvgIpc) is 3.33. The lowest BCUT2D eigenvalue weighted by Crippen LogP contribution is -2.30. The standard InChI is InChI=1S/C58H53NO6/c1-41-11-25-49(26-12-41)59(50-27-13-42(2)14-28-50)51-29-15-44(16-30-51)9-8-10-56(45-17-31-52(62-4)32-18-45)46-19-33-54(34-20-46)64-57(61)65-55-37-23-48(24-38-55)58(39-6-5-7-40-58)47-21-35-53(36-22-47)63-43(3)60/h8-38H,5-7,39-40H2,1-4H3/b9-8+,56-10+. The maximum Gasteiger partial charge on any atom is 0.519 e. The fourth-order valence-corrected chi connectivity index (χ4v) is 8.62. The maximum absolute atomic E-state index is 13.0. The molecular formula is C58H53NO6. The molecule has 8 rings (SSSR count). The van der Waals surface area contributed by atoms with E-state index in [1.165, 1.54) is 30.0 Å². The van der Waals surface area contributed by atoms with Gasteiger partial charge in [0, 0.05) is 29.4 Å². The van der Waals surface area contributed by atoms with Gasteiger partial charge < -0.3 is 23.8 Å². The number of hydrogen-bond acceptors (Lipinski definition) is 7. The fourth-order valence-electron chi connectivity index (χ4n) is 8.62. The summed E-state index contributed by atoms with van der Waals surface area (Å²) in [4.78, 5) is 26.8. The van der Waals surface area contributed by atoms with E-state index >= 15 is 0 Å². The van der Waals surface area contributed by atoms with Gasteiger partial charge in [-0.15, -0.1) is 0 Å². The number of carbonyl (C=O) groups excluding carboxylic acids is 2. The van der Waals surface area contributed by atoms with Crippen LogP contribution in [0.3, 0.4) is 0 Å². The highest BCUT2D eigenvalue weighted by Gasteiger charge is 2.35. The number of ether oxygens (including phenoxy) is 4. The Morgan fingerprint density at radius 2 is 0.923 bits per heavy atom. The van der Waals surface area contributed by atoms with E-state index in [-0.39, 0.29) is 11.4 Å². The Bertz CT molecular complexity index is 2700. The molecule has 7 aromatic rings. The van der Waals surface area contributed by atoms with E-state index in [9.17, 15) is 9.59 Å². The van der Waals surface area contributed by atoms with Crippen molar-refractivity contribution >= 4 is 40.8 Å². The summed E-state index contributed by atoms with van der Waals surface area (Å²) in [5.74, 6) is 1.72. The highest BCUT2D eigenvalue weighted by Crippen LogP contribution is 2.46. The fraction of sp³-hybridized carbons (Fsp3) is 0.172. The molecule has 0 aliphatic heterocycles. The van der Waals surface area contributed by atoms with Crippen LogP contribution in [-0.4, -0.2) is 19.2 Å². The summed E-state index contributed by atoms with van der Waals surface area (Å²) in [6.07, 6.45) is 10.8. The van der Waals surface area contributed by atoms with Gasteiger partial charge in [-0.05, 0) is 145 Å². The summed E-state index contributed by atoms with van der Waals surface area (Å²) in [6.45, 7) is 5.61. The van der Waals surface area contributed by atoms with E-state index in [0.29, 0.717) is 17.2 Å². The molecule has 7 aromatic carbocycles. The van der Waals surface area contributed by atoms with E-state index in [1.54, 1.807) is 19.2 Å². The molecule has 7 nitrogen and oxygen atoms in total. The zero-order valence-corrected chi connectivity index (χ0v) is 37.3. The smallest absolute Gasteiger partial charge is 0.497 e. The first-order chi connectivity index (χ1) is 31.7. The lowest BCUT2D eigenvalue weighted by atomic mass is 9.65. The molecule has 1 aliphatic carbocycles. The molecule has 0 heterocycles. The first kappa shape index (κ1) is 44.0. The third-order valence-corrected chi connectivity index (χ3v) is 12.0. The molecule has 1 saturated carbocycles. The molecule has 65 heavy (non-hydrogen) atoms. The number of esters is 1. The Balaban J connectivity index is 0.960. The molecule has 7 heteroatoms. The van der Waals surface area contributed by atoms with Crippen LogP contribution in [0.1, 0.15) is 78.0 Å². The summed E-state index contributed by atoms with van der Waals surface area (Å²) < 4.78 is 22.0. The summed E-state index contributed by atoms with van der Waals surface area (Å²) in [7, 11) is 1.66. The maximum atomic E-state index is 13.0. The van der Waals surface area contributed by atoms with Crippen LogP contribution in [0.25, 0.3) is 11.6 Å². The van der Waals surface area contributed by atoms with Crippen molar-refractivity contribution in [3.05, 3.63) is 221 Å². The number of aryl methyl sites for hydroxylation is 2. The van der Waals surface area contributed by atoms with Gasteiger partial charge in [0.1, 0.15) is 23.0 Å². The lowest BCUT2D eigenvalue weighted by Gasteiger charge is -2.38.